The van der Waals surface area contributed by atoms with E-state index in [9.17, 15) is 9.59 Å². The number of aromatic nitrogens is 1. The van der Waals surface area contributed by atoms with Crippen molar-refractivity contribution in [2.24, 2.45) is 0 Å². The number of nitrogens with one attached hydrogen (secondary N) is 2. The molecule has 4 nitrogen and oxygen atoms in total. The van der Waals surface area contributed by atoms with Gasteiger partial charge >= 0.3 is 0 Å². The number of aromatic amines is 1. The zero-order chi connectivity index (χ0) is 13.8. The van der Waals surface area contributed by atoms with Crippen molar-refractivity contribution >= 4 is 28.4 Å². The molecule has 0 saturated heterocycles. The zero-order valence-corrected chi connectivity index (χ0v) is 11.4. The molecule has 19 heavy (non-hydrogen) atoms. The van der Waals surface area contributed by atoms with Crippen molar-refractivity contribution in [2.45, 2.75) is 19.2 Å². The number of halogens is 1. The van der Waals surface area contributed by atoms with Gasteiger partial charge in [0, 0.05) is 34.8 Å². The van der Waals surface area contributed by atoms with Gasteiger partial charge in [-0.25, -0.2) is 0 Å². The fraction of sp³-hybridized carbons (Fsp3) is 0.286. The van der Waals surface area contributed by atoms with Crippen molar-refractivity contribution in [3.05, 3.63) is 45.7 Å². The van der Waals surface area contributed by atoms with Gasteiger partial charge in [-0.15, -0.1) is 11.6 Å². The maximum atomic E-state index is 11.9. The largest absolute Gasteiger partial charge is 0.357 e. The number of rotatable bonds is 4. The lowest BCUT2D eigenvalue weighted by Crippen LogP contribution is -2.24. The van der Waals surface area contributed by atoms with E-state index in [1.165, 1.54) is 6.07 Å². The maximum Gasteiger partial charge on any atom is 0.251 e. The van der Waals surface area contributed by atoms with Gasteiger partial charge in [-0.05, 0) is 24.6 Å². The van der Waals surface area contributed by atoms with Crippen molar-refractivity contribution in [1.29, 1.82) is 0 Å². The number of pyridine rings is 1. The van der Waals surface area contributed by atoms with Crippen LogP contribution < -0.4 is 10.7 Å². The summed E-state index contributed by atoms with van der Waals surface area (Å²) in [6, 6.07) is 6.50. The predicted octanol–water partition coefficient (Wildman–Crippen LogP) is 2.41. The Labute approximate surface area is 115 Å². The number of fused-ring (bicyclic) bond motifs is 1. The second kappa shape index (κ2) is 5.89. The van der Waals surface area contributed by atoms with E-state index in [-0.39, 0.29) is 17.2 Å². The molecule has 0 fully saturated rings. The highest BCUT2D eigenvalue weighted by atomic mass is 35.5. The Balaban J connectivity index is 2.43. The molecule has 0 unspecified atom stereocenters. The summed E-state index contributed by atoms with van der Waals surface area (Å²) in [5.41, 5.74) is 1.72. The molecule has 1 aromatic carbocycles. The van der Waals surface area contributed by atoms with E-state index in [0.29, 0.717) is 28.7 Å². The minimum atomic E-state index is -0.162. The van der Waals surface area contributed by atoms with Crippen molar-refractivity contribution in [3.63, 3.8) is 0 Å². The molecule has 0 spiro atoms. The fourth-order valence-electron chi connectivity index (χ4n) is 1.86. The Morgan fingerprint density at radius 1 is 1.37 bits per heavy atom. The van der Waals surface area contributed by atoms with Gasteiger partial charge in [-0.1, -0.05) is 6.92 Å². The maximum absolute atomic E-state index is 11.9. The van der Waals surface area contributed by atoms with Crippen LogP contribution >= 0.6 is 11.6 Å². The van der Waals surface area contributed by atoms with Gasteiger partial charge in [-0.2, -0.15) is 0 Å². The van der Waals surface area contributed by atoms with Crippen LogP contribution in [0.5, 0.6) is 0 Å². The monoisotopic (exact) mass is 278 g/mol. The summed E-state index contributed by atoms with van der Waals surface area (Å²) in [4.78, 5) is 26.8. The van der Waals surface area contributed by atoms with E-state index in [0.717, 1.165) is 6.42 Å². The average Bonchev–Trinajstić information content (AvgIpc) is 2.44. The van der Waals surface area contributed by atoms with Crippen molar-refractivity contribution in [1.82, 2.24) is 10.3 Å². The molecule has 1 aromatic heterocycles. The number of alkyl halides is 1. The van der Waals surface area contributed by atoms with E-state index >= 15 is 0 Å². The molecular weight excluding hydrogens is 264 g/mol. The summed E-state index contributed by atoms with van der Waals surface area (Å²) in [5, 5.41) is 3.28. The molecule has 2 rings (SSSR count). The highest BCUT2D eigenvalue weighted by Crippen LogP contribution is 2.12. The van der Waals surface area contributed by atoms with E-state index in [2.05, 4.69) is 10.3 Å². The van der Waals surface area contributed by atoms with Crippen molar-refractivity contribution in [3.8, 4) is 0 Å². The second-order valence-electron chi connectivity index (χ2n) is 4.31. The average molecular weight is 279 g/mol. The van der Waals surface area contributed by atoms with Gasteiger partial charge in [0.05, 0.1) is 5.88 Å². The van der Waals surface area contributed by atoms with Crippen LogP contribution in [0.3, 0.4) is 0 Å². The summed E-state index contributed by atoms with van der Waals surface area (Å²) in [6.07, 6.45) is 0.874. The Hall–Kier alpha value is -1.81. The number of hydrogen-bond donors (Lipinski definition) is 2. The highest BCUT2D eigenvalue weighted by Gasteiger charge is 2.08. The number of hydrogen-bond acceptors (Lipinski definition) is 2. The molecule has 0 saturated carbocycles. The first-order valence-electron chi connectivity index (χ1n) is 6.16. The van der Waals surface area contributed by atoms with Gasteiger partial charge in [0.2, 0.25) is 0 Å². The van der Waals surface area contributed by atoms with Gasteiger partial charge in [0.1, 0.15) is 0 Å². The lowest BCUT2D eigenvalue weighted by Gasteiger charge is -2.06. The molecule has 0 atom stereocenters. The molecule has 2 aromatic rings. The number of carbonyl (C=O) groups excluding carboxylic acids is 1. The minimum Gasteiger partial charge on any atom is -0.357 e. The summed E-state index contributed by atoms with van der Waals surface area (Å²) in [7, 11) is 0. The zero-order valence-electron chi connectivity index (χ0n) is 10.6. The smallest absolute Gasteiger partial charge is 0.251 e. The molecule has 100 valence electrons. The van der Waals surface area contributed by atoms with Crippen LogP contribution in [0.2, 0.25) is 0 Å². The summed E-state index contributed by atoms with van der Waals surface area (Å²) in [6.45, 7) is 2.61. The first-order valence-corrected chi connectivity index (χ1v) is 6.69. The minimum absolute atomic E-state index is 0.130. The second-order valence-corrected chi connectivity index (χ2v) is 4.58. The van der Waals surface area contributed by atoms with Gasteiger partial charge in [0.25, 0.3) is 5.91 Å². The van der Waals surface area contributed by atoms with E-state index in [1.54, 1.807) is 18.2 Å². The van der Waals surface area contributed by atoms with Crippen LogP contribution in [0.25, 0.3) is 10.9 Å². The standard InChI is InChI=1S/C14H15ClN2O2/c1-2-5-16-14(19)9-3-4-12-11(6-9)13(18)7-10(8-15)17-12/h3-4,6-7H,2,5,8H2,1H3,(H,16,19)(H,17,18). The SMILES string of the molecule is CCCNC(=O)c1ccc2[nH]c(CCl)cc(=O)c2c1. The molecular formula is C14H15ClN2O2. The Morgan fingerprint density at radius 2 is 2.16 bits per heavy atom. The molecule has 1 amide bonds. The Kier molecular flexibility index (Phi) is 4.22. The topological polar surface area (TPSA) is 62.0 Å². The third kappa shape index (κ3) is 2.96. The normalized spacial score (nSPS) is 10.6. The fourth-order valence-corrected chi connectivity index (χ4v) is 2.00. The molecule has 5 heteroatoms. The van der Waals surface area contributed by atoms with Crippen LogP contribution in [0, 0.1) is 0 Å². The van der Waals surface area contributed by atoms with E-state index in [1.807, 2.05) is 6.92 Å². The van der Waals surface area contributed by atoms with Crippen LogP contribution in [-0.2, 0) is 5.88 Å². The molecule has 2 N–H and O–H groups in total. The Bertz CT molecular complexity index is 664. The quantitative estimate of drug-likeness (QED) is 0.844. The Morgan fingerprint density at radius 3 is 2.84 bits per heavy atom. The summed E-state index contributed by atoms with van der Waals surface area (Å²) < 4.78 is 0. The van der Waals surface area contributed by atoms with Gasteiger partial charge < -0.3 is 10.3 Å². The number of carbonyl (C=O) groups is 1. The summed E-state index contributed by atoms with van der Waals surface area (Å²) >= 11 is 5.70. The third-order valence-electron chi connectivity index (χ3n) is 2.83. The molecule has 0 bridgehead atoms. The van der Waals surface area contributed by atoms with Gasteiger partial charge in [0.15, 0.2) is 5.43 Å². The van der Waals surface area contributed by atoms with Crippen LogP contribution in [0.4, 0.5) is 0 Å². The van der Waals surface area contributed by atoms with Gasteiger partial charge in [-0.3, -0.25) is 9.59 Å². The number of amides is 1. The van der Waals surface area contributed by atoms with Crippen LogP contribution in [-0.4, -0.2) is 17.4 Å². The molecule has 0 aliphatic carbocycles. The summed E-state index contributed by atoms with van der Waals surface area (Å²) in [5.74, 6) is 0.0915. The van der Waals surface area contributed by atoms with E-state index < -0.39 is 0 Å². The first-order chi connectivity index (χ1) is 9.15. The first kappa shape index (κ1) is 13.6. The number of benzene rings is 1. The molecule has 1 heterocycles. The molecule has 0 aliphatic heterocycles. The highest BCUT2D eigenvalue weighted by molar-refractivity contribution is 6.17. The van der Waals surface area contributed by atoms with Crippen molar-refractivity contribution in [2.75, 3.05) is 6.54 Å². The lowest BCUT2D eigenvalue weighted by molar-refractivity contribution is 0.0954. The van der Waals surface area contributed by atoms with Crippen molar-refractivity contribution < 1.29 is 4.79 Å². The molecule has 0 aliphatic rings. The third-order valence-corrected chi connectivity index (χ3v) is 3.12. The van der Waals surface area contributed by atoms with Crippen LogP contribution in [0.15, 0.2) is 29.1 Å². The number of H-pyrrole nitrogens is 1. The lowest BCUT2D eigenvalue weighted by atomic mass is 10.1. The molecule has 0 radical (unpaired) electrons. The van der Waals surface area contributed by atoms with Crippen LogP contribution in [0.1, 0.15) is 29.4 Å². The van der Waals surface area contributed by atoms with E-state index in [4.69, 9.17) is 11.6 Å². The predicted molar refractivity (Wildman–Crippen MR) is 76.7 cm³/mol.